The van der Waals surface area contributed by atoms with E-state index in [0.29, 0.717) is 23.7 Å². The molecule has 1 saturated heterocycles. The van der Waals surface area contributed by atoms with Crippen molar-refractivity contribution in [2.75, 3.05) is 30.4 Å². The number of fused-ring (bicyclic) bond motifs is 4. The summed E-state index contributed by atoms with van der Waals surface area (Å²) in [5.74, 6) is 0.983. The zero-order valence-electron chi connectivity index (χ0n) is 18.2. The fraction of sp³-hybridized carbons (Fsp3) is 0.273. The molecular weight excluding hydrogens is 460 g/mol. The largest absolute Gasteiger partial charge is 0.368 e. The molecule has 1 fully saturated rings. The summed E-state index contributed by atoms with van der Waals surface area (Å²) in [6.07, 6.45) is 0.386. The molecule has 5 rings (SSSR count). The molecule has 2 aliphatic rings. The molecule has 0 aliphatic carbocycles. The molecular formula is C22H22N6O5S. The lowest BCUT2D eigenvalue weighted by molar-refractivity contribution is -0.387. The van der Waals surface area contributed by atoms with E-state index < -0.39 is 32.9 Å². The molecule has 176 valence electrons. The lowest BCUT2D eigenvalue weighted by atomic mass is 10.2. The minimum Gasteiger partial charge on any atom is -0.368 e. The van der Waals surface area contributed by atoms with Gasteiger partial charge >= 0.3 is 0 Å². The maximum Gasteiger partial charge on any atom is 0.289 e. The number of aromatic nitrogens is 2. The van der Waals surface area contributed by atoms with E-state index >= 15 is 0 Å². The highest BCUT2D eigenvalue weighted by Gasteiger charge is 2.49. The third kappa shape index (κ3) is 3.75. The minimum atomic E-state index is -4.29. The van der Waals surface area contributed by atoms with Crippen LogP contribution in [0.25, 0.3) is 0 Å². The molecule has 3 heterocycles. The molecule has 2 aromatic carbocycles. The number of hydrogen-bond acceptors (Lipinski definition) is 9. The second kappa shape index (κ2) is 8.63. The molecule has 34 heavy (non-hydrogen) atoms. The first kappa shape index (κ1) is 22.2. The van der Waals surface area contributed by atoms with Gasteiger partial charge in [0.15, 0.2) is 11.1 Å². The quantitative estimate of drug-likeness (QED) is 0.416. The average Bonchev–Trinajstić information content (AvgIpc) is 3.19. The Kier molecular flexibility index (Phi) is 5.63. The fourth-order valence-electron chi connectivity index (χ4n) is 4.37. The third-order valence-electron chi connectivity index (χ3n) is 5.89. The van der Waals surface area contributed by atoms with E-state index in [-0.39, 0.29) is 18.0 Å². The number of benzene rings is 2. The number of para-hydroxylation sites is 1. The van der Waals surface area contributed by atoms with Crippen LogP contribution in [0.3, 0.4) is 0 Å². The molecule has 2 aliphatic heterocycles. The SMILES string of the molecule is CN(Cc1ccccc1)c1ncnc2c1[C@@H]1OC[C@H](CN2)N1S(=O)(=O)c1ccccc1[N+](=O)[O-]. The summed E-state index contributed by atoms with van der Waals surface area (Å²) in [5, 5.41) is 14.8. The Bertz CT molecular complexity index is 1340. The van der Waals surface area contributed by atoms with E-state index in [1.54, 1.807) is 0 Å². The Labute approximate surface area is 196 Å². The summed E-state index contributed by atoms with van der Waals surface area (Å²) >= 11 is 0. The lowest BCUT2D eigenvalue weighted by Crippen LogP contribution is -2.40. The standard InChI is InChI=1S/C22H22N6O5S/c1-26(12-15-7-3-2-4-8-15)21-19-20(24-14-25-21)23-11-16-13-33-22(19)27(16)34(31,32)18-10-6-5-9-17(18)28(29)30/h2-10,14,16,22H,11-13H2,1H3,(H,23,24,25)/t16-,22-/m0/s1. The summed E-state index contributed by atoms with van der Waals surface area (Å²) in [4.78, 5) is 21.2. The van der Waals surface area contributed by atoms with Crippen LogP contribution in [0, 0.1) is 10.1 Å². The monoisotopic (exact) mass is 482 g/mol. The molecule has 12 heteroatoms. The number of rotatable bonds is 6. The molecule has 0 radical (unpaired) electrons. The maximum absolute atomic E-state index is 13.8. The van der Waals surface area contributed by atoms with Crippen molar-refractivity contribution in [2.24, 2.45) is 0 Å². The number of nitro groups is 1. The molecule has 0 unspecified atom stereocenters. The van der Waals surface area contributed by atoms with Gasteiger partial charge in [0.05, 0.1) is 23.1 Å². The molecule has 1 aromatic heterocycles. The topological polar surface area (TPSA) is 131 Å². The molecule has 0 amide bonds. The van der Waals surface area contributed by atoms with Gasteiger partial charge in [0.1, 0.15) is 18.0 Å². The van der Waals surface area contributed by atoms with Gasteiger partial charge in [-0.15, -0.1) is 0 Å². The molecule has 3 aromatic rings. The molecule has 0 spiro atoms. The second-order valence-electron chi connectivity index (χ2n) is 8.08. The van der Waals surface area contributed by atoms with Crippen molar-refractivity contribution in [3.63, 3.8) is 0 Å². The smallest absolute Gasteiger partial charge is 0.289 e. The van der Waals surface area contributed by atoms with Crippen LogP contribution in [0.2, 0.25) is 0 Å². The Hall–Kier alpha value is -3.61. The van der Waals surface area contributed by atoms with Crippen molar-refractivity contribution < 1.29 is 18.1 Å². The predicted octanol–water partition coefficient (Wildman–Crippen LogP) is 2.54. The summed E-state index contributed by atoms with van der Waals surface area (Å²) in [7, 11) is -2.43. The zero-order valence-corrected chi connectivity index (χ0v) is 19.1. The number of nitrogens with one attached hydrogen (secondary N) is 1. The van der Waals surface area contributed by atoms with E-state index in [2.05, 4.69) is 15.3 Å². The summed E-state index contributed by atoms with van der Waals surface area (Å²) in [5.41, 5.74) is 1.04. The van der Waals surface area contributed by atoms with Crippen molar-refractivity contribution in [1.29, 1.82) is 0 Å². The average molecular weight is 483 g/mol. The van der Waals surface area contributed by atoms with E-state index in [1.165, 1.54) is 34.9 Å². The minimum absolute atomic E-state index is 0.133. The summed E-state index contributed by atoms with van der Waals surface area (Å²) < 4.78 is 34.7. The first-order valence-corrected chi connectivity index (χ1v) is 12.0. The molecule has 1 N–H and O–H groups in total. The summed E-state index contributed by atoms with van der Waals surface area (Å²) in [6.45, 7) is 0.896. The van der Waals surface area contributed by atoms with Crippen LogP contribution < -0.4 is 10.2 Å². The van der Waals surface area contributed by atoms with Crippen molar-refractivity contribution >= 4 is 27.3 Å². The zero-order chi connectivity index (χ0) is 23.9. The molecule has 0 saturated carbocycles. The van der Waals surface area contributed by atoms with Gasteiger partial charge in [-0.1, -0.05) is 42.5 Å². The van der Waals surface area contributed by atoms with Crippen LogP contribution in [0.4, 0.5) is 17.3 Å². The second-order valence-corrected chi connectivity index (χ2v) is 9.89. The highest BCUT2D eigenvalue weighted by Crippen LogP contribution is 2.44. The third-order valence-corrected chi connectivity index (χ3v) is 7.84. The van der Waals surface area contributed by atoms with E-state index in [0.717, 1.165) is 5.56 Å². The molecule has 11 nitrogen and oxygen atoms in total. The molecule has 2 atom stereocenters. The van der Waals surface area contributed by atoms with Crippen molar-refractivity contribution in [3.8, 4) is 0 Å². The van der Waals surface area contributed by atoms with Gasteiger partial charge in [-0.3, -0.25) is 10.1 Å². The van der Waals surface area contributed by atoms with Gasteiger partial charge in [0.2, 0.25) is 0 Å². The van der Waals surface area contributed by atoms with Crippen LogP contribution >= 0.6 is 0 Å². The van der Waals surface area contributed by atoms with Gasteiger partial charge in [-0.2, -0.15) is 4.31 Å². The first-order valence-electron chi connectivity index (χ1n) is 10.6. The Morgan fingerprint density at radius 2 is 1.91 bits per heavy atom. The Morgan fingerprint density at radius 3 is 2.68 bits per heavy atom. The van der Waals surface area contributed by atoms with Crippen molar-refractivity contribution in [3.05, 3.63) is 82.2 Å². The van der Waals surface area contributed by atoms with Gasteiger partial charge in [-0.25, -0.2) is 18.4 Å². The number of ether oxygens (including phenoxy) is 1. The molecule has 2 bridgehead atoms. The number of nitrogens with zero attached hydrogens (tertiary/aromatic N) is 5. The number of sulfonamides is 1. The van der Waals surface area contributed by atoms with Gasteiger partial charge in [0.25, 0.3) is 15.7 Å². The van der Waals surface area contributed by atoms with E-state index in [9.17, 15) is 18.5 Å². The van der Waals surface area contributed by atoms with Crippen LogP contribution in [-0.2, 0) is 21.3 Å². The Balaban J connectivity index is 1.59. The number of hydrogen-bond donors (Lipinski definition) is 1. The van der Waals surface area contributed by atoms with Gasteiger partial charge in [-0.05, 0) is 11.6 Å². The van der Waals surface area contributed by atoms with E-state index in [4.69, 9.17) is 4.74 Å². The number of nitro benzene ring substituents is 1. The first-order chi connectivity index (χ1) is 16.4. The van der Waals surface area contributed by atoms with Crippen molar-refractivity contribution in [2.45, 2.75) is 23.7 Å². The predicted molar refractivity (Wildman–Crippen MR) is 124 cm³/mol. The van der Waals surface area contributed by atoms with Crippen LogP contribution in [0.1, 0.15) is 17.4 Å². The van der Waals surface area contributed by atoms with E-state index in [1.807, 2.05) is 42.3 Å². The van der Waals surface area contributed by atoms with Crippen molar-refractivity contribution in [1.82, 2.24) is 14.3 Å². The van der Waals surface area contributed by atoms with Crippen LogP contribution in [0.15, 0.2) is 65.8 Å². The van der Waals surface area contributed by atoms with Gasteiger partial charge < -0.3 is 15.0 Å². The lowest BCUT2D eigenvalue weighted by Gasteiger charge is -2.28. The number of anilines is 2. The maximum atomic E-state index is 13.8. The summed E-state index contributed by atoms with van der Waals surface area (Å²) in [6, 6.07) is 14.6. The highest BCUT2D eigenvalue weighted by molar-refractivity contribution is 7.89. The van der Waals surface area contributed by atoms with Gasteiger partial charge in [0, 0.05) is 26.2 Å². The van der Waals surface area contributed by atoms with Crippen LogP contribution in [0.5, 0.6) is 0 Å². The van der Waals surface area contributed by atoms with Crippen LogP contribution in [-0.4, -0.2) is 53.9 Å². The Morgan fingerprint density at radius 1 is 1.18 bits per heavy atom. The normalized spacial score (nSPS) is 19.7. The fourth-order valence-corrected chi connectivity index (χ4v) is 6.20. The highest BCUT2D eigenvalue weighted by atomic mass is 32.2.